The smallest absolute Gasteiger partial charge is 0.167 e. The highest BCUT2D eigenvalue weighted by atomic mass is 32.1. The van der Waals surface area contributed by atoms with Gasteiger partial charge in [0.2, 0.25) is 0 Å². The Bertz CT molecular complexity index is 736. The van der Waals surface area contributed by atoms with E-state index >= 15 is 0 Å². The van der Waals surface area contributed by atoms with E-state index in [1.807, 2.05) is 16.7 Å². The second-order valence-electron chi connectivity index (χ2n) is 4.42. The number of aryl methyl sites for hydroxylation is 2. The molecule has 2 nitrogen and oxygen atoms in total. The molecule has 3 aromatic rings. The highest BCUT2D eigenvalue weighted by Crippen LogP contribution is 2.32. The molecule has 0 amide bonds. The number of rotatable bonds is 2. The summed E-state index contributed by atoms with van der Waals surface area (Å²) in [4.78, 5) is 13.8. The van der Waals surface area contributed by atoms with E-state index in [-0.39, 0.29) is 0 Å². The Kier molecular flexibility index (Phi) is 2.56. The average Bonchev–Trinajstić information content (AvgIpc) is 2.93. The lowest BCUT2D eigenvalue weighted by Crippen LogP contribution is -1.92. The molecule has 0 aromatic carbocycles. The van der Waals surface area contributed by atoms with Gasteiger partial charge in [-0.1, -0.05) is 6.07 Å². The maximum Gasteiger partial charge on any atom is 0.167 e. The Balaban J connectivity index is 2.36. The first kappa shape index (κ1) is 11.2. The number of carbonyl (C=O) groups excluding carboxylic acids is 1. The highest BCUT2D eigenvalue weighted by molar-refractivity contribution is 7.15. The molecule has 0 atom stereocenters. The van der Waals surface area contributed by atoms with E-state index in [2.05, 4.69) is 38.1 Å². The third-order valence-electron chi connectivity index (χ3n) is 3.18. The minimum absolute atomic E-state index is 0.732. The predicted octanol–water partition coefficient (Wildman–Crippen LogP) is 4.10. The monoisotopic (exact) mass is 255 g/mol. The molecule has 0 N–H and O–H groups in total. The Morgan fingerprint density at radius 2 is 2.06 bits per heavy atom. The fraction of sp³-hybridized carbons (Fsp3) is 0.133. The maximum absolute atomic E-state index is 11.4. The van der Waals surface area contributed by atoms with Crippen molar-refractivity contribution in [1.29, 1.82) is 0 Å². The molecule has 3 heteroatoms. The van der Waals surface area contributed by atoms with Crippen LogP contribution in [-0.4, -0.2) is 10.7 Å². The first-order valence-corrected chi connectivity index (χ1v) is 6.65. The summed E-state index contributed by atoms with van der Waals surface area (Å²) in [6.45, 7) is 4.14. The van der Waals surface area contributed by atoms with Crippen LogP contribution in [0.2, 0.25) is 0 Å². The van der Waals surface area contributed by atoms with Crippen molar-refractivity contribution in [3.05, 3.63) is 52.7 Å². The van der Waals surface area contributed by atoms with E-state index in [4.69, 9.17) is 0 Å². The molecular formula is C15H13NOS. The van der Waals surface area contributed by atoms with Gasteiger partial charge < -0.3 is 4.40 Å². The summed E-state index contributed by atoms with van der Waals surface area (Å²) < 4.78 is 1.96. The van der Waals surface area contributed by atoms with Gasteiger partial charge in [-0.2, -0.15) is 0 Å². The van der Waals surface area contributed by atoms with Gasteiger partial charge in [0.25, 0.3) is 0 Å². The van der Waals surface area contributed by atoms with Crippen molar-refractivity contribution in [3.63, 3.8) is 0 Å². The molecule has 0 spiro atoms. The van der Waals surface area contributed by atoms with E-state index in [1.54, 1.807) is 11.3 Å². The number of carbonyl (C=O) groups is 1. The molecule has 18 heavy (non-hydrogen) atoms. The number of pyridine rings is 1. The number of hydrogen-bond acceptors (Lipinski definition) is 2. The van der Waals surface area contributed by atoms with Gasteiger partial charge >= 0.3 is 0 Å². The molecule has 0 saturated carbocycles. The molecule has 3 heterocycles. The third kappa shape index (κ3) is 1.59. The van der Waals surface area contributed by atoms with Crippen LogP contribution in [0.15, 0.2) is 36.5 Å². The lowest BCUT2D eigenvalue weighted by Gasteiger charge is -1.99. The zero-order valence-corrected chi connectivity index (χ0v) is 11.1. The second kappa shape index (κ2) is 4.10. The summed E-state index contributed by atoms with van der Waals surface area (Å²) in [6.07, 6.45) is 2.88. The van der Waals surface area contributed by atoms with Crippen LogP contribution >= 0.6 is 11.3 Å². The number of fused-ring (bicyclic) bond motifs is 1. The number of thiophene rings is 1. The van der Waals surface area contributed by atoms with Crippen molar-refractivity contribution < 1.29 is 4.79 Å². The van der Waals surface area contributed by atoms with Gasteiger partial charge in [0.15, 0.2) is 6.29 Å². The predicted molar refractivity (Wildman–Crippen MR) is 75.6 cm³/mol. The van der Waals surface area contributed by atoms with Crippen molar-refractivity contribution in [1.82, 2.24) is 4.40 Å². The van der Waals surface area contributed by atoms with Crippen molar-refractivity contribution in [2.24, 2.45) is 0 Å². The van der Waals surface area contributed by atoms with Crippen molar-refractivity contribution in [2.45, 2.75) is 13.8 Å². The highest BCUT2D eigenvalue weighted by Gasteiger charge is 2.13. The number of aldehydes is 1. The fourth-order valence-electron chi connectivity index (χ4n) is 2.26. The Morgan fingerprint density at radius 1 is 1.22 bits per heavy atom. The first-order valence-electron chi connectivity index (χ1n) is 5.83. The summed E-state index contributed by atoms with van der Waals surface area (Å²) >= 11 is 1.72. The van der Waals surface area contributed by atoms with Crippen molar-refractivity contribution >= 4 is 23.1 Å². The maximum atomic E-state index is 11.4. The zero-order chi connectivity index (χ0) is 12.7. The molecule has 3 rings (SSSR count). The zero-order valence-electron chi connectivity index (χ0n) is 10.3. The summed E-state index contributed by atoms with van der Waals surface area (Å²) in [6, 6.07) is 10.3. The van der Waals surface area contributed by atoms with Crippen LogP contribution in [0.3, 0.4) is 0 Å². The Hall–Kier alpha value is -1.87. The molecule has 0 bridgehead atoms. The van der Waals surface area contributed by atoms with Gasteiger partial charge in [-0.15, -0.1) is 11.3 Å². The summed E-state index contributed by atoms with van der Waals surface area (Å²) in [5, 5.41) is 0. The van der Waals surface area contributed by atoms with Crippen LogP contribution in [0.4, 0.5) is 0 Å². The van der Waals surface area contributed by atoms with Crippen molar-refractivity contribution in [2.75, 3.05) is 0 Å². The molecule has 0 saturated heterocycles. The van der Waals surface area contributed by atoms with E-state index in [0.29, 0.717) is 0 Å². The average molecular weight is 255 g/mol. The molecule has 90 valence electrons. The van der Waals surface area contributed by atoms with Gasteiger partial charge in [-0.05, 0) is 43.7 Å². The normalized spacial score (nSPS) is 11.0. The summed E-state index contributed by atoms with van der Waals surface area (Å²) in [7, 11) is 0. The molecule has 0 aliphatic heterocycles. The van der Waals surface area contributed by atoms with Gasteiger partial charge in [0.05, 0.1) is 5.69 Å². The molecule has 0 aliphatic rings. The minimum Gasteiger partial charge on any atom is -0.313 e. The van der Waals surface area contributed by atoms with E-state index < -0.39 is 0 Å². The number of nitrogens with zero attached hydrogens (tertiary/aromatic N) is 1. The van der Waals surface area contributed by atoms with Crippen LogP contribution in [-0.2, 0) is 0 Å². The van der Waals surface area contributed by atoms with E-state index in [1.165, 1.54) is 10.4 Å². The molecule has 3 aromatic heterocycles. The summed E-state index contributed by atoms with van der Waals surface area (Å²) in [5.74, 6) is 0. The standard InChI is InChI=1S/C15H13NOS/c1-10-4-3-7-16-13(10)8-12(14(16)9-17)15-6-5-11(2)18-15/h3-9H,1-2H3. The largest absolute Gasteiger partial charge is 0.313 e. The number of aromatic nitrogens is 1. The van der Waals surface area contributed by atoms with Crippen molar-refractivity contribution in [3.8, 4) is 10.4 Å². The second-order valence-corrected chi connectivity index (χ2v) is 5.71. The van der Waals surface area contributed by atoms with E-state index in [0.717, 1.165) is 27.9 Å². The fourth-order valence-corrected chi connectivity index (χ4v) is 3.15. The van der Waals surface area contributed by atoms with Crippen LogP contribution < -0.4 is 0 Å². The first-order chi connectivity index (χ1) is 8.70. The minimum atomic E-state index is 0.732. The topological polar surface area (TPSA) is 21.5 Å². The Labute approximate surface area is 110 Å². The molecule has 0 fully saturated rings. The van der Waals surface area contributed by atoms with Crippen LogP contribution in [0.1, 0.15) is 20.9 Å². The SMILES string of the molecule is Cc1ccc(-c2cc3c(C)cccn3c2C=O)s1. The van der Waals surface area contributed by atoms with E-state index in [9.17, 15) is 4.79 Å². The third-order valence-corrected chi connectivity index (χ3v) is 4.21. The molecule has 0 radical (unpaired) electrons. The quantitative estimate of drug-likeness (QED) is 0.632. The lowest BCUT2D eigenvalue weighted by molar-refractivity contribution is 0.111. The van der Waals surface area contributed by atoms with Crippen LogP contribution in [0.25, 0.3) is 16.0 Å². The summed E-state index contributed by atoms with van der Waals surface area (Å²) in [5.41, 5.74) is 4.04. The lowest BCUT2D eigenvalue weighted by atomic mass is 10.2. The van der Waals surface area contributed by atoms with Crippen LogP contribution in [0, 0.1) is 13.8 Å². The van der Waals surface area contributed by atoms with Gasteiger partial charge in [-0.25, -0.2) is 0 Å². The molecule has 0 aliphatic carbocycles. The number of hydrogen-bond donors (Lipinski definition) is 0. The molecular weight excluding hydrogens is 242 g/mol. The van der Waals surface area contributed by atoms with Gasteiger partial charge in [-0.3, -0.25) is 4.79 Å². The van der Waals surface area contributed by atoms with Gasteiger partial charge in [0, 0.05) is 27.0 Å². The van der Waals surface area contributed by atoms with Crippen LogP contribution in [0.5, 0.6) is 0 Å². The Morgan fingerprint density at radius 3 is 2.72 bits per heavy atom. The molecule has 0 unspecified atom stereocenters. The van der Waals surface area contributed by atoms with Gasteiger partial charge in [0.1, 0.15) is 0 Å².